The normalized spacial score (nSPS) is 11.6. The van der Waals surface area contributed by atoms with Gasteiger partial charge in [0.05, 0.1) is 23.8 Å². The summed E-state index contributed by atoms with van der Waals surface area (Å²) >= 11 is 1.70. The molecule has 0 fully saturated rings. The van der Waals surface area contributed by atoms with Crippen molar-refractivity contribution >= 4 is 17.3 Å². The maximum absolute atomic E-state index is 5.67. The molecule has 0 aliphatic carbocycles. The Morgan fingerprint density at radius 2 is 2.04 bits per heavy atom. The second-order valence-electron chi connectivity index (χ2n) is 5.62. The largest absolute Gasteiger partial charge is 0.492 e. The lowest BCUT2D eigenvalue weighted by Gasteiger charge is -2.11. The topological polar surface area (TPSA) is 58.5 Å². The van der Waals surface area contributed by atoms with E-state index in [1.54, 1.807) is 11.3 Å². The van der Waals surface area contributed by atoms with E-state index in [2.05, 4.69) is 46.8 Å². The first-order chi connectivity index (χ1) is 11.7. The van der Waals surface area contributed by atoms with Gasteiger partial charge in [0.2, 0.25) is 0 Å². The predicted octanol–water partition coefficient (Wildman–Crippen LogP) is 3.40. The molecular weight excluding hydrogens is 320 g/mol. The minimum Gasteiger partial charge on any atom is -0.492 e. The molecule has 1 aromatic heterocycles. The molecule has 0 unspecified atom stereocenters. The van der Waals surface area contributed by atoms with Crippen molar-refractivity contribution in [2.24, 2.45) is 4.99 Å². The number of nitrogens with zero attached hydrogens (tertiary/aromatic N) is 2. The van der Waals surface area contributed by atoms with Crippen molar-refractivity contribution in [2.45, 2.75) is 33.2 Å². The molecule has 0 bridgehead atoms. The summed E-state index contributed by atoms with van der Waals surface area (Å²) in [6.45, 7) is 9.04. The highest BCUT2D eigenvalue weighted by Gasteiger charge is 2.05. The van der Waals surface area contributed by atoms with E-state index < -0.39 is 0 Å². The van der Waals surface area contributed by atoms with Crippen molar-refractivity contribution in [1.82, 2.24) is 15.6 Å². The molecule has 0 saturated heterocycles. The van der Waals surface area contributed by atoms with Crippen LogP contribution in [0, 0.1) is 0 Å². The van der Waals surface area contributed by atoms with E-state index in [1.807, 2.05) is 30.3 Å². The molecular formula is C18H26N4OS. The molecule has 1 heterocycles. The molecule has 0 radical (unpaired) electrons. The van der Waals surface area contributed by atoms with E-state index in [-0.39, 0.29) is 0 Å². The summed E-state index contributed by atoms with van der Waals surface area (Å²) in [5, 5.41) is 9.77. The standard InChI is InChI=1S/C18H26N4OS/c1-4-19-18(20-10-11-23-16-8-6-5-7-9-16)21-12-15-13-24-17(22-15)14(2)3/h5-9,13-14H,4,10-12H2,1-3H3,(H2,19,20,21). The summed E-state index contributed by atoms with van der Waals surface area (Å²) in [7, 11) is 0. The fourth-order valence-electron chi connectivity index (χ4n) is 2.02. The minimum atomic E-state index is 0.467. The maximum atomic E-state index is 5.67. The number of hydrogen-bond acceptors (Lipinski definition) is 4. The Hall–Kier alpha value is -2.08. The molecule has 2 rings (SSSR count). The van der Waals surface area contributed by atoms with Crippen LogP contribution in [0.5, 0.6) is 5.75 Å². The zero-order chi connectivity index (χ0) is 17.2. The summed E-state index contributed by atoms with van der Waals surface area (Å²) in [5.74, 6) is 2.13. The number of guanidine groups is 1. The average Bonchev–Trinajstić information content (AvgIpc) is 3.06. The molecule has 0 amide bonds. The van der Waals surface area contributed by atoms with Gasteiger partial charge in [-0.05, 0) is 19.1 Å². The van der Waals surface area contributed by atoms with Crippen LogP contribution in [0.4, 0.5) is 0 Å². The van der Waals surface area contributed by atoms with Crippen LogP contribution in [-0.2, 0) is 6.54 Å². The van der Waals surface area contributed by atoms with Crippen molar-refractivity contribution < 1.29 is 4.74 Å². The lowest BCUT2D eigenvalue weighted by molar-refractivity contribution is 0.322. The number of hydrogen-bond donors (Lipinski definition) is 2. The van der Waals surface area contributed by atoms with Crippen molar-refractivity contribution in [1.29, 1.82) is 0 Å². The highest BCUT2D eigenvalue weighted by molar-refractivity contribution is 7.09. The smallest absolute Gasteiger partial charge is 0.191 e. The molecule has 130 valence electrons. The first kappa shape index (κ1) is 18.3. The Balaban J connectivity index is 1.79. The van der Waals surface area contributed by atoms with Gasteiger partial charge in [0, 0.05) is 17.8 Å². The van der Waals surface area contributed by atoms with Gasteiger partial charge in [0.1, 0.15) is 12.4 Å². The molecule has 0 aliphatic rings. The first-order valence-corrected chi connectivity index (χ1v) is 9.21. The number of ether oxygens (including phenoxy) is 1. The SMILES string of the molecule is CCNC(=NCc1csc(C(C)C)n1)NCCOc1ccccc1. The van der Waals surface area contributed by atoms with Crippen LogP contribution in [0.2, 0.25) is 0 Å². The first-order valence-electron chi connectivity index (χ1n) is 8.33. The van der Waals surface area contributed by atoms with E-state index >= 15 is 0 Å². The van der Waals surface area contributed by atoms with Gasteiger partial charge in [-0.2, -0.15) is 0 Å². The van der Waals surface area contributed by atoms with Crippen LogP contribution in [0.3, 0.4) is 0 Å². The fraction of sp³-hybridized carbons (Fsp3) is 0.444. The number of benzene rings is 1. The zero-order valence-electron chi connectivity index (χ0n) is 14.6. The van der Waals surface area contributed by atoms with Crippen LogP contribution >= 0.6 is 11.3 Å². The molecule has 6 heteroatoms. The number of aliphatic imine (C=N–C) groups is 1. The molecule has 24 heavy (non-hydrogen) atoms. The van der Waals surface area contributed by atoms with Crippen LogP contribution in [0.1, 0.15) is 37.4 Å². The number of nitrogens with one attached hydrogen (secondary N) is 2. The zero-order valence-corrected chi connectivity index (χ0v) is 15.4. The molecule has 2 aromatic rings. The lowest BCUT2D eigenvalue weighted by atomic mass is 10.2. The van der Waals surface area contributed by atoms with Gasteiger partial charge >= 0.3 is 0 Å². The molecule has 0 aliphatic heterocycles. The van der Waals surface area contributed by atoms with Crippen molar-refractivity contribution in [3.8, 4) is 5.75 Å². The molecule has 0 atom stereocenters. The van der Waals surface area contributed by atoms with Crippen LogP contribution < -0.4 is 15.4 Å². The van der Waals surface area contributed by atoms with Crippen LogP contribution in [-0.4, -0.2) is 30.6 Å². The Kier molecular flexibility index (Phi) is 7.55. The monoisotopic (exact) mass is 346 g/mol. The molecule has 5 nitrogen and oxygen atoms in total. The van der Waals surface area contributed by atoms with Crippen molar-refractivity contribution in [3.05, 3.63) is 46.4 Å². The fourth-order valence-corrected chi connectivity index (χ4v) is 2.84. The Morgan fingerprint density at radius 1 is 1.25 bits per heavy atom. The summed E-state index contributed by atoms with van der Waals surface area (Å²) in [5.41, 5.74) is 1.02. The Morgan fingerprint density at radius 3 is 2.71 bits per heavy atom. The number of aromatic nitrogens is 1. The minimum absolute atomic E-state index is 0.467. The molecule has 0 spiro atoms. The number of thiazole rings is 1. The Bertz CT molecular complexity index is 625. The second kappa shape index (κ2) is 9.93. The maximum Gasteiger partial charge on any atom is 0.191 e. The second-order valence-corrected chi connectivity index (χ2v) is 6.50. The van der Waals surface area contributed by atoms with Crippen molar-refractivity contribution in [2.75, 3.05) is 19.7 Å². The quantitative estimate of drug-likeness (QED) is 0.437. The molecule has 2 N–H and O–H groups in total. The summed E-state index contributed by atoms with van der Waals surface area (Å²) in [4.78, 5) is 9.19. The van der Waals surface area contributed by atoms with Gasteiger partial charge in [-0.25, -0.2) is 9.98 Å². The van der Waals surface area contributed by atoms with Gasteiger partial charge in [0.25, 0.3) is 0 Å². The third-order valence-electron chi connectivity index (χ3n) is 3.21. The predicted molar refractivity (Wildman–Crippen MR) is 101 cm³/mol. The third-order valence-corrected chi connectivity index (χ3v) is 4.41. The van der Waals surface area contributed by atoms with Gasteiger partial charge in [-0.3, -0.25) is 0 Å². The van der Waals surface area contributed by atoms with Gasteiger partial charge in [-0.1, -0.05) is 32.0 Å². The molecule has 0 saturated carbocycles. The lowest BCUT2D eigenvalue weighted by Crippen LogP contribution is -2.39. The molecule has 1 aromatic carbocycles. The summed E-state index contributed by atoms with van der Waals surface area (Å²) < 4.78 is 5.67. The van der Waals surface area contributed by atoms with E-state index in [1.165, 1.54) is 0 Å². The van der Waals surface area contributed by atoms with E-state index in [0.717, 1.165) is 29.0 Å². The number of rotatable bonds is 8. The van der Waals surface area contributed by atoms with E-state index in [9.17, 15) is 0 Å². The summed E-state index contributed by atoms with van der Waals surface area (Å²) in [6.07, 6.45) is 0. The van der Waals surface area contributed by atoms with E-state index in [4.69, 9.17) is 4.74 Å². The van der Waals surface area contributed by atoms with E-state index in [0.29, 0.717) is 25.6 Å². The highest BCUT2D eigenvalue weighted by atomic mass is 32.1. The van der Waals surface area contributed by atoms with Gasteiger partial charge < -0.3 is 15.4 Å². The Labute approximate surface area is 148 Å². The van der Waals surface area contributed by atoms with Crippen LogP contribution in [0.25, 0.3) is 0 Å². The van der Waals surface area contributed by atoms with Gasteiger partial charge in [0.15, 0.2) is 5.96 Å². The average molecular weight is 347 g/mol. The van der Waals surface area contributed by atoms with Crippen LogP contribution in [0.15, 0.2) is 40.7 Å². The van der Waals surface area contributed by atoms with Crippen molar-refractivity contribution in [3.63, 3.8) is 0 Å². The highest BCUT2D eigenvalue weighted by Crippen LogP contribution is 2.19. The summed E-state index contributed by atoms with van der Waals surface area (Å²) in [6, 6.07) is 9.81. The third kappa shape index (κ3) is 6.20. The number of para-hydroxylation sites is 1. The van der Waals surface area contributed by atoms with Gasteiger partial charge in [-0.15, -0.1) is 11.3 Å².